The molecule has 1 atom stereocenters. The highest BCUT2D eigenvalue weighted by molar-refractivity contribution is 6.30. The number of rotatable bonds is 5. The molecule has 3 aliphatic rings. The summed E-state index contributed by atoms with van der Waals surface area (Å²) in [7, 11) is 0. The summed E-state index contributed by atoms with van der Waals surface area (Å²) in [6.45, 7) is 3.73. The maximum Gasteiger partial charge on any atom is 0.325 e. The smallest absolute Gasteiger partial charge is 0.325 e. The SMILES string of the molecule is CC1CCC(N(C(=O)CN2C(=O)NC(C)(c3ccc(Cl)cc3)C2=O)C2CC2)CC1. The fourth-order valence-corrected chi connectivity index (χ4v) is 4.74. The van der Waals surface area contributed by atoms with Crippen LogP contribution in [0.4, 0.5) is 4.79 Å². The Hall–Kier alpha value is -2.08. The molecule has 2 aliphatic carbocycles. The van der Waals surface area contributed by atoms with Gasteiger partial charge in [-0.05, 0) is 69.1 Å². The van der Waals surface area contributed by atoms with Gasteiger partial charge in [0.2, 0.25) is 5.91 Å². The molecule has 6 nitrogen and oxygen atoms in total. The van der Waals surface area contributed by atoms with Crippen molar-refractivity contribution in [1.82, 2.24) is 15.1 Å². The zero-order valence-corrected chi connectivity index (χ0v) is 17.7. The number of urea groups is 1. The largest absolute Gasteiger partial charge is 0.335 e. The summed E-state index contributed by atoms with van der Waals surface area (Å²) in [6.07, 6.45) is 6.29. The third-order valence-electron chi connectivity index (χ3n) is 6.60. The van der Waals surface area contributed by atoms with E-state index in [1.807, 2.05) is 4.90 Å². The van der Waals surface area contributed by atoms with Crippen molar-refractivity contribution in [3.63, 3.8) is 0 Å². The first-order chi connectivity index (χ1) is 13.8. The van der Waals surface area contributed by atoms with E-state index >= 15 is 0 Å². The summed E-state index contributed by atoms with van der Waals surface area (Å²) in [5.74, 6) is 0.190. The van der Waals surface area contributed by atoms with Gasteiger partial charge >= 0.3 is 6.03 Å². The predicted molar refractivity (Wildman–Crippen MR) is 110 cm³/mol. The molecule has 1 aromatic carbocycles. The van der Waals surface area contributed by atoms with Crippen LogP contribution in [0.1, 0.15) is 57.9 Å². The summed E-state index contributed by atoms with van der Waals surface area (Å²) < 4.78 is 0. The predicted octanol–water partition coefficient (Wildman–Crippen LogP) is 3.68. The minimum atomic E-state index is -1.19. The van der Waals surface area contributed by atoms with Crippen molar-refractivity contribution < 1.29 is 14.4 Å². The molecular formula is C22H28ClN3O3. The molecular weight excluding hydrogens is 390 g/mol. The van der Waals surface area contributed by atoms with E-state index in [1.165, 1.54) is 0 Å². The van der Waals surface area contributed by atoms with E-state index in [0.717, 1.165) is 43.4 Å². The summed E-state index contributed by atoms with van der Waals surface area (Å²) in [4.78, 5) is 41.9. The molecule has 0 spiro atoms. The second-order valence-corrected chi connectivity index (χ2v) is 9.34. The molecule has 1 aromatic rings. The van der Waals surface area contributed by atoms with Crippen molar-refractivity contribution >= 4 is 29.4 Å². The van der Waals surface area contributed by atoms with Gasteiger partial charge in [0.1, 0.15) is 12.1 Å². The average molecular weight is 418 g/mol. The quantitative estimate of drug-likeness (QED) is 0.743. The van der Waals surface area contributed by atoms with Gasteiger partial charge in [-0.3, -0.25) is 14.5 Å². The monoisotopic (exact) mass is 417 g/mol. The molecule has 1 unspecified atom stereocenters. The number of hydrogen-bond acceptors (Lipinski definition) is 3. The molecule has 0 aromatic heterocycles. The lowest BCUT2D eigenvalue weighted by Gasteiger charge is -2.37. The second-order valence-electron chi connectivity index (χ2n) is 8.90. The number of nitrogens with one attached hydrogen (secondary N) is 1. The summed E-state index contributed by atoms with van der Waals surface area (Å²) in [5, 5.41) is 3.32. The van der Waals surface area contributed by atoms with Crippen molar-refractivity contribution in [2.45, 2.75) is 70.0 Å². The fraction of sp³-hybridized carbons (Fsp3) is 0.591. The Morgan fingerprint density at radius 2 is 1.66 bits per heavy atom. The Morgan fingerprint density at radius 3 is 2.21 bits per heavy atom. The fourth-order valence-electron chi connectivity index (χ4n) is 4.62. The van der Waals surface area contributed by atoms with Gasteiger partial charge in [-0.25, -0.2) is 4.79 Å². The van der Waals surface area contributed by atoms with Crippen molar-refractivity contribution in [1.29, 1.82) is 0 Å². The maximum absolute atomic E-state index is 13.2. The van der Waals surface area contributed by atoms with E-state index in [1.54, 1.807) is 31.2 Å². The second kappa shape index (κ2) is 7.63. The summed E-state index contributed by atoms with van der Waals surface area (Å²) >= 11 is 5.95. The molecule has 3 fully saturated rings. The van der Waals surface area contributed by atoms with Crippen LogP contribution in [0.2, 0.25) is 5.02 Å². The van der Waals surface area contributed by atoms with Crippen molar-refractivity contribution in [2.24, 2.45) is 5.92 Å². The Morgan fingerprint density at radius 1 is 1.10 bits per heavy atom. The first kappa shape index (κ1) is 20.2. The normalized spacial score (nSPS) is 29.7. The van der Waals surface area contributed by atoms with E-state index in [9.17, 15) is 14.4 Å². The number of halogens is 1. The number of hydrogen-bond donors (Lipinski definition) is 1. The molecule has 1 N–H and O–H groups in total. The van der Waals surface area contributed by atoms with E-state index < -0.39 is 17.5 Å². The number of imide groups is 1. The van der Waals surface area contributed by atoms with Gasteiger partial charge in [-0.2, -0.15) is 0 Å². The van der Waals surface area contributed by atoms with Gasteiger partial charge in [0.05, 0.1) is 0 Å². The third kappa shape index (κ3) is 3.87. The molecule has 1 saturated heterocycles. The average Bonchev–Trinajstić information content (AvgIpc) is 3.49. The number of carbonyl (C=O) groups is 3. The van der Waals surface area contributed by atoms with Crippen LogP contribution in [0.15, 0.2) is 24.3 Å². The molecule has 1 aliphatic heterocycles. The van der Waals surface area contributed by atoms with Gasteiger partial charge < -0.3 is 10.2 Å². The molecule has 4 amide bonds. The number of benzene rings is 1. The lowest BCUT2D eigenvalue weighted by atomic mass is 9.86. The molecule has 1 heterocycles. The van der Waals surface area contributed by atoms with Crippen LogP contribution in [0.3, 0.4) is 0 Å². The van der Waals surface area contributed by atoms with Crippen molar-refractivity contribution in [2.75, 3.05) is 6.54 Å². The van der Waals surface area contributed by atoms with Crippen LogP contribution in [-0.2, 0) is 15.1 Å². The molecule has 0 radical (unpaired) electrons. The van der Waals surface area contributed by atoms with Gasteiger partial charge in [0.15, 0.2) is 0 Å². The minimum absolute atomic E-state index is 0.115. The first-order valence-electron chi connectivity index (χ1n) is 10.5. The van der Waals surface area contributed by atoms with Crippen molar-refractivity contribution in [3.8, 4) is 0 Å². The van der Waals surface area contributed by atoms with E-state index in [2.05, 4.69) is 12.2 Å². The van der Waals surface area contributed by atoms with Crippen LogP contribution >= 0.6 is 11.6 Å². The van der Waals surface area contributed by atoms with E-state index in [0.29, 0.717) is 16.5 Å². The maximum atomic E-state index is 13.2. The van der Waals surface area contributed by atoms with Crippen LogP contribution in [0.25, 0.3) is 0 Å². The lowest BCUT2D eigenvalue weighted by molar-refractivity contribution is -0.141. The molecule has 7 heteroatoms. The van der Waals surface area contributed by atoms with Crippen LogP contribution in [0, 0.1) is 5.92 Å². The van der Waals surface area contributed by atoms with Gasteiger partial charge in [0.25, 0.3) is 5.91 Å². The highest BCUT2D eigenvalue weighted by atomic mass is 35.5. The Labute approximate surface area is 176 Å². The summed E-state index contributed by atoms with van der Waals surface area (Å²) in [5.41, 5.74) is -0.539. The molecule has 4 rings (SSSR count). The topological polar surface area (TPSA) is 69.7 Å². The molecule has 156 valence electrons. The van der Waals surface area contributed by atoms with Gasteiger partial charge in [-0.15, -0.1) is 0 Å². The van der Waals surface area contributed by atoms with Gasteiger partial charge in [-0.1, -0.05) is 30.7 Å². The highest BCUT2D eigenvalue weighted by Gasteiger charge is 2.50. The standard InChI is InChI=1S/C22H28ClN3O3/c1-14-3-9-17(10-4-14)26(18-11-12-18)19(27)13-25-20(28)22(2,24-21(25)29)15-5-7-16(23)8-6-15/h5-8,14,17-18H,3-4,9-13H2,1-2H3,(H,24,29). The van der Waals surface area contributed by atoms with Crippen LogP contribution in [-0.4, -0.2) is 46.3 Å². The number of nitrogens with zero attached hydrogens (tertiary/aromatic N) is 2. The zero-order chi connectivity index (χ0) is 20.8. The lowest BCUT2D eigenvalue weighted by Crippen LogP contribution is -2.49. The molecule has 29 heavy (non-hydrogen) atoms. The van der Waals surface area contributed by atoms with E-state index in [-0.39, 0.29) is 24.5 Å². The van der Waals surface area contributed by atoms with Crippen LogP contribution < -0.4 is 5.32 Å². The Bertz CT molecular complexity index is 815. The van der Waals surface area contributed by atoms with Gasteiger partial charge in [0, 0.05) is 17.1 Å². The zero-order valence-electron chi connectivity index (χ0n) is 17.0. The van der Waals surface area contributed by atoms with Crippen molar-refractivity contribution in [3.05, 3.63) is 34.9 Å². The summed E-state index contributed by atoms with van der Waals surface area (Å²) in [6, 6.07) is 6.81. The number of carbonyl (C=O) groups excluding carboxylic acids is 3. The first-order valence-corrected chi connectivity index (χ1v) is 10.9. The van der Waals surface area contributed by atoms with E-state index in [4.69, 9.17) is 11.6 Å². The van der Waals surface area contributed by atoms with Crippen LogP contribution in [0.5, 0.6) is 0 Å². The molecule has 2 saturated carbocycles. The molecule has 0 bridgehead atoms. The Kier molecular flexibility index (Phi) is 5.32. The number of amides is 4. The third-order valence-corrected chi connectivity index (χ3v) is 6.85. The minimum Gasteiger partial charge on any atom is -0.335 e. The Balaban J connectivity index is 1.49. The highest BCUT2D eigenvalue weighted by Crippen LogP contribution is 2.36.